The first-order valence-electron chi connectivity index (χ1n) is 9.35. The lowest BCUT2D eigenvalue weighted by atomic mass is 9.81. The van der Waals surface area contributed by atoms with Crippen molar-refractivity contribution in [2.75, 3.05) is 4.90 Å². The fraction of sp³-hybridized carbons (Fsp3) is 0.409. The van der Waals surface area contributed by atoms with E-state index in [0.29, 0.717) is 6.42 Å². The molecule has 0 aliphatic carbocycles. The van der Waals surface area contributed by atoms with E-state index in [1.807, 2.05) is 17.0 Å². The van der Waals surface area contributed by atoms with E-state index in [2.05, 4.69) is 50.2 Å². The molecule has 1 aliphatic rings. The van der Waals surface area contributed by atoms with E-state index in [0.717, 1.165) is 31.4 Å². The second-order valence-corrected chi connectivity index (χ2v) is 6.99. The zero-order valence-electron chi connectivity index (χ0n) is 15.2. The Morgan fingerprint density at radius 1 is 1.08 bits per heavy atom. The molecule has 0 saturated heterocycles. The van der Waals surface area contributed by atoms with Crippen LogP contribution in [0.3, 0.4) is 0 Å². The van der Waals surface area contributed by atoms with Gasteiger partial charge in [-0.2, -0.15) is 0 Å². The number of rotatable bonds is 5. The number of unbranched alkanes of at least 4 members (excludes halogenated alkanes) is 2. The Morgan fingerprint density at radius 3 is 2.48 bits per heavy atom. The predicted octanol–water partition coefficient (Wildman–Crippen LogP) is 4.73. The van der Waals surface area contributed by atoms with Crippen LogP contribution in [-0.2, 0) is 4.79 Å². The van der Waals surface area contributed by atoms with Crippen LogP contribution in [0.4, 0.5) is 5.69 Å². The number of fused-ring (bicyclic) bond motifs is 1. The van der Waals surface area contributed by atoms with Crippen LogP contribution in [0.15, 0.2) is 48.5 Å². The Kier molecular flexibility index (Phi) is 5.54. The number of aryl methyl sites for hydroxylation is 1. The lowest BCUT2D eigenvalue weighted by Crippen LogP contribution is -2.50. The van der Waals surface area contributed by atoms with Crippen LogP contribution in [-0.4, -0.2) is 12.1 Å². The van der Waals surface area contributed by atoms with Gasteiger partial charge in [-0.05, 0) is 42.5 Å². The highest BCUT2D eigenvalue weighted by Gasteiger charge is 2.34. The Hall–Kier alpha value is -2.13. The number of amides is 1. The minimum absolute atomic E-state index is 0.150. The highest BCUT2D eigenvalue weighted by Crippen LogP contribution is 2.42. The Morgan fingerprint density at radius 2 is 1.76 bits per heavy atom. The van der Waals surface area contributed by atoms with Crippen LogP contribution in [0.1, 0.15) is 61.6 Å². The molecule has 0 bridgehead atoms. The summed E-state index contributed by atoms with van der Waals surface area (Å²) in [5, 5.41) is 0. The molecule has 3 nitrogen and oxygen atoms in total. The molecule has 3 rings (SSSR count). The van der Waals surface area contributed by atoms with Crippen LogP contribution in [0.2, 0.25) is 0 Å². The maximum atomic E-state index is 12.8. The third-order valence-electron chi connectivity index (χ3n) is 5.21. The summed E-state index contributed by atoms with van der Waals surface area (Å²) in [5.74, 6) is 0.392. The highest BCUT2D eigenvalue weighted by molar-refractivity contribution is 5.95. The third kappa shape index (κ3) is 3.62. The van der Waals surface area contributed by atoms with Crippen molar-refractivity contribution in [2.45, 2.75) is 58.0 Å². The molecule has 0 saturated carbocycles. The first-order valence-corrected chi connectivity index (χ1v) is 9.35. The summed E-state index contributed by atoms with van der Waals surface area (Å²) in [4.78, 5) is 14.6. The van der Waals surface area contributed by atoms with Gasteiger partial charge in [-0.25, -0.2) is 0 Å². The molecule has 3 heteroatoms. The highest BCUT2D eigenvalue weighted by atomic mass is 16.2. The van der Waals surface area contributed by atoms with Crippen molar-refractivity contribution in [3.63, 3.8) is 0 Å². The lowest BCUT2D eigenvalue weighted by Gasteiger charge is -2.39. The molecule has 1 heterocycles. The molecule has 2 N–H and O–H groups in total. The van der Waals surface area contributed by atoms with Gasteiger partial charge in [-0.1, -0.05) is 62.2 Å². The second-order valence-electron chi connectivity index (χ2n) is 6.99. The average molecular weight is 336 g/mol. The van der Waals surface area contributed by atoms with Gasteiger partial charge in [0.2, 0.25) is 5.91 Å². The first-order chi connectivity index (χ1) is 12.1. The van der Waals surface area contributed by atoms with E-state index < -0.39 is 0 Å². The Labute approximate surface area is 150 Å². The largest absolute Gasteiger partial charge is 0.311 e. The van der Waals surface area contributed by atoms with Gasteiger partial charge < -0.3 is 5.73 Å². The molecule has 25 heavy (non-hydrogen) atoms. The molecule has 0 fully saturated rings. The van der Waals surface area contributed by atoms with Gasteiger partial charge in [0.1, 0.15) is 0 Å². The summed E-state index contributed by atoms with van der Waals surface area (Å²) in [7, 11) is 0. The van der Waals surface area contributed by atoms with E-state index in [4.69, 9.17) is 5.73 Å². The molecular weight excluding hydrogens is 308 g/mol. The number of benzene rings is 2. The summed E-state index contributed by atoms with van der Waals surface area (Å²) in [5.41, 5.74) is 11.3. The zero-order chi connectivity index (χ0) is 17.8. The first kappa shape index (κ1) is 17.7. The molecular formula is C22H28N2O. The van der Waals surface area contributed by atoms with Gasteiger partial charge in [0, 0.05) is 18.0 Å². The van der Waals surface area contributed by atoms with Crippen LogP contribution >= 0.6 is 0 Å². The average Bonchev–Trinajstić information content (AvgIpc) is 2.61. The third-order valence-corrected chi connectivity index (χ3v) is 5.21. The van der Waals surface area contributed by atoms with Gasteiger partial charge in [-0.3, -0.25) is 9.69 Å². The number of nitrogens with two attached hydrogens (primary N) is 1. The summed E-state index contributed by atoms with van der Waals surface area (Å²) in [6.45, 7) is 4.30. The summed E-state index contributed by atoms with van der Waals surface area (Å²) in [6.07, 6.45) is 4.20. The standard InChI is InChI=1S/C22H28N2O/c1-3-4-5-14-22(25)24-20-13-9-8-12-18(20)19(15-21(24)23)17-11-7-6-10-16(17)2/h6-13,19,21H,3-5,14-15,23H2,1-2H3. The number of carbonyl (C=O) groups is 1. The van der Waals surface area contributed by atoms with E-state index in [9.17, 15) is 4.79 Å². The van der Waals surface area contributed by atoms with E-state index in [1.54, 1.807) is 0 Å². The normalized spacial score (nSPS) is 19.6. The number of para-hydroxylation sites is 1. The summed E-state index contributed by atoms with van der Waals surface area (Å²) < 4.78 is 0. The van der Waals surface area contributed by atoms with Crippen molar-refractivity contribution in [3.05, 3.63) is 65.2 Å². The Balaban J connectivity index is 1.95. The van der Waals surface area contributed by atoms with Crippen molar-refractivity contribution in [3.8, 4) is 0 Å². The number of hydrogen-bond acceptors (Lipinski definition) is 2. The van der Waals surface area contributed by atoms with Crippen LogP contribution in [0.25, 0.3) is 0 Å². The van der Waals surface area contributed by atoms with Crippen LogP contribution in [0.5, 0.6) is 0 Å². The van der Waals surface area contributed by atoms with E-state index in [-0.39, 0.29) is 18.0 Å². The summed E-state index contributed by atoms with van der Waals surface area (Å²) in [6, 6.07) is 16.7. The molecule has 1 aliphatic heterocycles. The number of nitrogens with zero attached hydrogens (tertiary/aromatic N) is 1. The van der Waals surface area contributed by atoms with Gasteiger partial charge >= 0.3 is 0 Å². The number of anilines is 1. The predicted molar refractivity (Wildman–Crippen MR) is 104 cm³/mol. The molecule has 2 aromatic carbocycles. The lowest BCUT2D eigenvalue weighted by molar-refractivity contribution is -0.119. The fourth-order valence-electron chi connectivity index (χ4n) is 3.89. The molecule has 2 aromatic rings. The molecule has 2 atom stereocenters. The maximum Gasteiger partial charge on any atom is 0.228 e. The van der Waals surface area contributed by atoms with Crippen molar-refractivity contribution in [2.24, 2.45) is 5.73 Å². The maximum absolute atomic E-state index is 12.8. The molecule has 1 amide bonds. The van der Waals surface area contributed by atoms with Crippen molar-refractivity contribution in [1.29, 1.82) is 0 Å². The number of carbonyl (C=O) groups excluding carboxylic acids is 1. The van der Waals surface area contributed by atoms with Crippen molar-refractivity contribution >= 4 is 11.6 Å². The van der Waals surface area contributed by atoms with Crippen molar-refractivity contribution < 1.29 is 4.79 Å². The second kappa shape index (κ2) is 7.83. The smallest absolute Gasteiger partial charge is 0.228 e. The minimum Gasteiger partial charge on any atom is -0.311 e. The van der Waals surface area contributed by atoms with Gasteiger partial charge in [0.25, 0.3) is 0 Å². The molecule has 0 radical (unpaired) electrons. The molecule has 132 valence electrons. The fourth-order valence-corrected chi connectivity index (χ4v) is 3.89. The van der Waals surface area contributed by atoms with Crippen LogP contribution < -0.4 is 10.6 Å². The zero-order valence-corrected chi connectivity index (χ0v) is 15.2. The van der Waals surface area contributed by atoms with Crippen LogP contribution in [0, 0.1) is 6.92 Å². The SMILES string of the molecule is CCCCCC(=O)N1c2ccccc2C(c2ccccc2C)CC1N. The molecule has 0 spiro atoms. The number of hydrogen-bond donors (Lipinski definition) is 1. The van der Waals surface area contributed by atoms with E-state index in [1.165, 1.54) is 16.7 Å². The Bertz CT molecular complexity index is 740. The van der Waals surface area contributed by atoms with E-state index >= 15 is 0 Å². The van der Waals surface area contributed by atoms with Gasteiger partial charge in [0.15, 0.2) is 0 Å². The van der Waals surface area contributed by atoms with Crippen molar-refractivity contribution in [1.82, 2.24) is 0 Å². The summed E-state index contributed by atoms with van der Waals surface area (Å²) >= 11 is 0. The minimum atomic E-state index is -0.270. The van der Waals surface area contributed by atoms with Gasteiger partial charge in [-0.15, -0.1) is 0 Å². The monoisotopic (exact) mass is 336 g/mol. The molecule has 0 aromatic heterocycles. The molecule has 2 unspecified atom stereocenters. The van der Waals surface area contributed by atoms with Gasteiger partial charge in [0.05, 0.1) is 6.17 Å². The quantitative estimate of drug-likeness (QED) is 0.802. The topological polar surface area (TPSA) is 46.3 Å².